The summed E-state index contributed by atoms with van der Waals surface area (Å²) in [5.74, 6) is -1.23. The monoisotopic (exact) mass is 371 g/mol. The molecular formula is C12H4BrClFN3O3. The van der Waals surface area contributed by atoms with Crippen LogP contribution < -0.4 is 4.74 Å². The SMILES string of the molecule is N#Cc1cc(Cl)nc(Oc2cc(F)c(Br)cc2[N+](=O)[O-])c1. The second kappa shape index (κ2) is 6.03. The largest absolute Gasteiger partial charge is 0.432 e. The smallest absolute Gasteiger partial charge is 0.312 e. The molecule has 2 rings (SSSR count). The van der Waals surface area contributed by atoms with Crippen LogP contribution in [0, 0.1) is 27.3 Å². The van der Waals surface area contributed by atoms with Crippen molar-refractivity contribution in [2.24, 2.45) is 0 Å². The molecule has 0 unspecified atom stereocenters. The summed E-state index contributed by atoms with van der Waals surface area (Å²) in [7, 11) is 0. The van der Waals surface area contributed by atoms with Crippen LogP contribution in [0.3, 0.4) is 0 Å². The second-order valence-corrected chi connectivity index (χ2v) is 4.96. The predicted octanol–water partition coefficient (Wildman–Crippen LogP) is 4.21. The Morgan fingerprint density at radius 2 is 2.14 bits per heavy atom. The lowest BCUT2D eigenvalue weighted by Crippen LogP contribution is -1.97. The Balaban J connectivity index is 2.49. The number of nitro groups is 1. The molecule has 0 fully saturated rings. The molecule has 1 heterocycles. The Hall–Kier alpha value is -2.24. The molecule has 1 aromatic heterocycles. The number of halogens is 3. The van der Waals surface area contributed by atoms with Crippen LogP contribution in [0.4, 0.5) is 10.1 Å². The van der Waals surface area contributed by atoms with Crippen molar-refractivity contribution in [3.63, 3.8) is 0 Å². The van der Waals surface area contributed by atoms with E-state index in [1.165, 1.54) is 12.1 Å². The second-order valence-electron chi connectivity index (χ2n) is 3.72. The molecule has 0 amide bonds. The van der Waals surface area contributed by atoms with Crippen LogP contribution >= 0.6 is 27.5 Å². The minimum Gasteiger partial charge on any atom is -0.432 e. The van der Waals surface area contributed by atoms with Crippen molar-refractivity contribution < 1.29 is 14.1 Å². The van der Waals surface area contributed by atoms with E-state index >= 15 is 0 Å². The Morgan fingerprint density at radius 1 is 1.43 bits per heavy atom. The van der Waals surface area contributed by atoms with Crippen LogP contribution in [0.1, 0.15) is 5.56 Å². The number of nitrogens with zero attached hydrogens (tertiary/aromatic N) is 3. The van der Waals surface area contributed by atoms with Crippen molar-refractivity contribution in [3.05, 3.63) is 55.4 Å². The van der Waals surface area contributed by atoms with E-state index in [1.807, 2.05) is 6.07 Å². The maximum atomic E-state index is 13.5. The number of nitriles is 1. The summed E-state index contributed by atoms with van der Waals surface area (Å²) in [6.45, 7) is 0. The molecule has 1 aromatic carbocycles. The van der Waals surface area contributed by atoms with E-state index < -0.39 is 16.4 Å². The van der Waals surface area contributed by atoms with Gasteiger partial charge in [-0.3, -0.25) is 10.1 Å². The first-order valence-corrected chi connectivity index (χ1v) is 6.47. The van der Waals surface area contributed by atoms with Gasteiger partial charge < -0.3 is 4.74 Å². The van der Waals surface area contributed by atoms with Gasteiger partial charge in [0.1, 0.15) is 11.0 Å². The molecule has 0 aliphatic heterocycles. The molecule has 0 saturated heterocycles. The molecule has 0 radical (unpaired) electrons. The number of hydrogen-bond acceptors (Lipinski definition) is 5. The molecule has 0 spiro atoms. The zero-order chi connectivity index (χ0) is 15.6. The first-order chi connectivity index (χ1) is 9.90. The number of pyridine rings is 1. The van der Waals surface area contributed by atoms with Crippen molar-refractivity contribution in [2.75, 3.05) is 0 Å². The van der Waals surface area contributed by atoms with Gasteiger partial charge in [0.15, 0.2) is 0 Å². The summed E-state index contributed by atoms with van der Waals surface area (Å²) in [4.78, 5) is 14.0. The Bertz CT molecular complexity index is 779. The van der Waals surface area contributed by atoms with Gasteiger partial charge in [0.25, 0.3) is 0 Å². The topological polar surface area (TPSA) is 89.0 Å². The summed E-state index contributed by atoms with van der Waals surface area (Å²) < 4.78 is 18.6. The average molecular weight is 373 g/mol. The normalized spacial score (nSPS) is 10.0. The quantitative estimate of drug-likeness (QED) is 0.457. The zero-order valence-corrected chi connectivity index (χ0v) is 12.4. The number of ether oxygens (including phenoxy) is 1. The molecule has 0 aliphatic carbocycles. The van der Waals surface area contributed by atoms with Gasteiger partial charge >= 0.3 is 5.69 Å². The van der Waals surface area contributed by atoms with Gasteiger partial charge in [-0.1, -0.05) is 11.6 Å². The van der Waals surface area contributed by atoms with Crippen LogP contribution in [-0.2, 0) is 0 Å². The molecule has 0 aliphatic rings. The van der Waals surface area contributed by atoms with Crippen LogP contribution in [-0.4, -0.2) is 9.91 Å². The molecule has 21 heavy (non-hydrogen) atoms. The van der Waals surface area contributed by atoms with Gasteiger partial charge in [0.05, 0.1) is 21.0 Å². The average Bonchev–Trinajstić information content (AvgIpc) is 2.41. The summed E-state index contributed by atoms with van der Waals surface area (Å²) in [5.41, 5.74) is -0.297. The zero-order valence-electron chi connectivity index (χ0n) is 10.0. The highest BCUT2D eigenvalue weighted by Crippen LogP contribution is 2.35. The first kappa shape index (κ1) is 15.2. The van der Waals surface area contributed by atoms with Crippen LogP contribution in [0.5, 0.6) is 11.6 Å². The Kier molecular flexibility index (Phi) is 4.35. The highest BCUT2D eigenvalue weighted by atomic mass is 79.9. The number of aromatic nitrogens is 1. The van der Waals surface area contributed by atoms with E-state index in [2.05, 4.69) is 20.9 Å². The van der Waals surface area contributed by atoms with Crippen LogP contribution in [0.2, 0.25) is 5.15 Å². The fourth-order valence-corrected chi connectivity index (χ4v) is 1.98. The predicted molar refractivity (Wildman–Crippen MR) is 74.8 cm³/mol. The van der Waals surface area contributed by atoms with Gasteiger partial charge in [0, 0.05) is 18.2 Å². The van der Waals surface area contributed by atoms with Crippen molar-refractivity contribution in [1.29, 1.82) is 5.26 Å². The van der Waals surface area contributed by atoms with Gasteiger partial charge in [0.2, 0.25) is 11.6 Å². The first-order valence-electron chi connectivity index (χ1n) is 5.29. The summed E-state index contributed by atoms with van der Waals surface area (Å²) in [6, 6.07) is 6.18. The third-order valence-corrected chi connectivity index (χ3v) is 3.11. The van der Waals surface area contributed by atoms with E-state index in [1.54, 1.807) is 0 Å². The lowest BCUT2D eigenvalue weighted by molar-refractivity contribution is -0.385. The van der Waals surface area contributed by atoms with Crippen molar-refractivity contribution in [3.8, 4) is 17.7 Å². The van der Waals surface area contributed by atoms with Crippen molar-refractivity contribution >= 4 is 33.2 Å². The molecule has 106 valence electrons. The van der Waals surface area contributed by atoms with E-state index in [0.717, 1.165) is 12.1 Å². The van der Waals surface area contributed by atoms with Gasteiger partial charge in [-0.2, -0.15) is 5.26 Å². The lowest BCUT2D eigenvalue weighted by atomic mass is 10.3. The van der Waals surface area contributed by atoms with E-state index in [9.17, 15) is 14.5 Å². The van der Waals surface area contributed by atoms with Gasteiger partial charge in [-0.25, -0.2) is 9.37 Å². The number of benzene rings is 1. The third-order valence-electron chi connectivity index (χ3n) is 2.31. The van der Waals surface area contributed by atoms with Crippen molar-refractivity contribution in [1.82, 2.24) is 4.98 Å². The van der Waals surface area contributed by atoms with Crippen molar-refractivity contribution in [2.45, 2.75) is 0 Å². The minimum absolute atomic E-state index is 0.0238. The van der Waals surface area contributed by atoms with E-state index in [-0.39, 0.29) is 26.8 Å². The fraction of sp³-hybridized carbons (Fsp3) is 0. The maximum absolute atomic E-state index is 13.5. The molecule has 0 N–H and O–H groups in total. The molecule has 2 aromatic rings. The number of rotatable bonds is 3. The summed E-state index contributed by atoms with van der Waals surface area (Å²) in [5, 5.41) is 19.7. The molecule has 0 atom stereocenters. The van der Waals surface area contributed by atoms with Crippen LogP contribution in [0.15, 0.2) is 28.7 Å². The molecular weight excluding hydrogens is 369 g/mol. The number of hydrogen-bond donors (Lipinski definition) is 0. The molecule has 6 nitrogen and oxygen atoms in total. The highest BCUT2D eigenvalue weighted by Gasteiger charge is 2.20. The standard InChI is InChI=1S/C12H4BrClFN3O3/c13-7-3-9(18(19)20)10(4-8(7)15)21-12-2-6(5-16)1-11(14)17-12/h1-4H. The number of nitro benzene ring substituents is 1. The summed E-state index contributed by atoms with van der Waals surface area (Å²) >= 11 is 8.55. The maximum Gasteiger partial charge on any atom is 0.312 e. The summed E-state index contributed by atoms with van der Waals surface area (Å²) in [6.07, 6.45) is 0. The van der Waals surface area contributed by atoms with E-state index in [0.29, 0.717) is 0 Å². The van der Waals surface area contributed by atoms with Crippen LogP contribution in [0.25, 0.3) is 0 Å². The Morgan fingerprint density at radius 3 is 2.76 bits per heavy atom. The van der Waals surface area contributed by atoms with Gasteiger partial charge in [-0.15, -0.1) is 0 Å². The minimum atomic E-state index is -0.738. The molecule has 9 heteroatoms. The molecule has 0 saturated carbocycles. The fourth-order valence-electron chi connectivity index (χ4n) is 1.44. The van der Waals surface area contributed by atoms with Gasteiger partial charge in [-0.05, 0) is 22.0 Å². The Labute approximate surface area is 131 Å². The lowest BCUT2D eigenvalue weighted by Gasteiger charge is -2.07. The molecule has 0 bridgehead atoms. The third kappa shape index (κ3) is 3.45. The highest BCUT2D eigenvalue weighted by molar-refractivity contribution is 9.10. The van der Waals surface area contributed by atoms with E-state index in [4.69, 9.17) is 21.6 Å².